The average Bonchev–Trinajstić information content (AvgIpc) is 2.77. The number of alkyl halides is 1. The van der Waals surface area contributed by atoms with Crippen LogP contribution < -0.4 is 8.85 Å². The number of carbonyl (C=O) groups is 2. The molecule has 1 aliphatic rings. The van der Waals surface area contributed by atoms with E-state index < -0.39 is 28.0 Å². The van der Waals surface area contributed by atoms with Gasteiger partial charge in [-0.25, -0.2) is 0 Å². The summed E-state index contributed by atoms with van der Waals surface area (Å²) >= 11 is 2.13. The Hall–Kier alpha value is -0.916. The molecular formula is C29H49IO6Si2. The number of ketones is 1. The van der Waals surface area contributed by atoms with Crippen LogP contribution in [0.1, 0.15) is 72.8 Å². The second-order valence-corrected chi connectivity index (χ2v) is 23.8. The number of hydrogen-bond donors (Lipinski definition) is 0. The molecule has 1 aromatic carbocycles. The van der Waals surface area contributed by atoms with Gasteiger partial charge in [0, 0.05) is 16.9 Å². The molecule has 38 heavy (non-hydrogen) atoms. The van der Waals surface area contributed by atoms with Crippen molar-refractivity contribution in [2.45, 2.75) is 110 Å². The lowest BCUT2D eigenvalue weighted by Crippen LogP contribution is -2.44. The molecule has 216 valence electrons. The van der Waals surface area contributed by atoms with E-state index in [1.807, 2.05) is 18.2 Å². The van der Waals surface area contributed by atoms with Crippen molar-refractivity contribution >= 4 is 51.0 Å². The Labute approximate surface area is 246 Å². The second-order valence-electron chi connectivity index (χ2n) is 13.6. The van der Waals surface area contributed by atoms with Crippen LogP contribution in [0.25, 0.3) is 0 Å². The minimum atomic E-state index is -2.05. The monoisotopic (exact) mass is 676 g/mol. The lowest BCUT2D eigenvalue weighted by atomic mass is 9.74. The maximum Gasteiger partial charge on any atom is 0.320 e. The van der Waals surface area contributed by atoms with Crippen molar-refractivity contribution in [2.24, 2.45) is 5.41 Å². The zero-order valence-electron chi connectivity index (χ0n) is 25.2. The molecule has 0 N–H and O–H groups in total. The minimum absolute atomic E-state index is 0.0110. The zero-order chi connectivity index (χ0) is 29.0. The van der Waals surface area contributed by atoms with Crippen molar-refractivity contribution in [1.29, 1.82) is 0 Å². The molecule has 0 bridgehead atoms. The van der Waals surface area contributed by atoms with E-state index in [-0.39, 0.29) is 29.1 Å². The molecule has 0 heterocycles. The van der Waals surface area contributed by atoms with Crippen LogP contribution in [0.4, 0.5) is 0 Å². The van der Waals surface area contributed by atoms with Gasteiger partial charge in [0.25, 0.3) is 0 Å². The fraction of sp³-hybridized carbons (Fsp3) is 0.724. The van der Waals surface area contributed by atoms with E-state index in [4.69, 9.17) is 18.3 Å². The molecule has 1 atom stereocenters. The Kier molecular flexibility index (Phi) is 11.1. The number of carbonyl (C=O) groups excluding carboxylic acids is 2. The fourth-order valence-corrected chi connectivity index (χ4v) is 6.90. The Bertz CT molecular complexity index is 934. The van der Waals surface area contributed by atoms with Gasteiger partial charge in [-0.3, -0.25) is 9.59 Å². The summed E-state index contributed by atoms with van der Waals surface area (Å²) in [6, 6.07) is 6.06. The predicted molar refractivity (Wildman–Crippen MR) is 168 cm³/mol. The first-order valence-electron chi connectivity index (χ1n) is 13.7. The standard InChI is InChI=1S/C29H49IO6Si2/c1-27(2,3)37(7,8)35-23-17-22(18-24(19-23)36-38(9,10)28(4,5)6)20-33-15-16-34-26(32)29(21-30)14-12-11-13-25(29)31/h17-19H,11-16,20-21H2,1-10H3. The highest BCUT2D eigenvalue weighted by Gasteiger charge is 2.47. The maximum absolute atomic E-state index is 12.8. The van der Waals surface area contributed by atoms with Crippen molar-refractivity contribution in [3.05, 3.63) is 23.8 Å². The van der Waals surface area contributed by atoms with E-state index in [1.54, 1.807) is 0 Å². The highest BCUT2D eigenvalue weighted by atomic mass is 127. The molecule has 0 aromatic heterocycles. The van der Waals surface area contributed by atoms with Crippen molar-refractivity contribution in [1.82, 2.24) is 0 Å². The van der Waals surface area contributed by atoms with Crippen molar-refractivity contribution in [3.63, 3.8) is 0 Å². The molecular weight excluding hydrogens is 627 g/mol. The van der Waals surface area contributed by atoms with Crippen LogP contribution in [-0.2, 0) is 25.7 Å². The normalized spacial score (nSPS) is 19.3. The maximum atomic E-state index is 12.8. The third-order valence-electron chi connectivity index (χ3n) is 8.44. The van der Waals surface area contributed by atoms with Gasteiger partial charge >= 0.3 is 5.97 Å². The molecule has 1 fully saturated rings. The number of esters is 1. The topological polar surface area (TPSA) is 71.1 Å². The van der Waals surface area contributed by atoms with Gasteiger partial charge in [0.2, 0.25) is 16.6 Å². The molecule has 0 saturated heterocycles. The summed E-state index contributed by atoms with van der Waals surface area (Å²) in [6.07, 6.45) is 2.77. The van der Waals surface area contributed by atoms with E-state index in [2.05, 4.69) is 90.3 Å². The van der Waals surface area contributed by atoms with Crippen molar-refractivity contribution < 1.29 is 27.9 Å². The number of benzene rings is 1. The smallest absolute Gasteiger partial charge is 0.320 e. The van der Waals surface area contributed by atoms with Gasteiger partial charge < -0.3 is 18.3 Å². The van der Waals surface area contributed by atoms with Crippen LogP contribution in [0.15, 0.2) is 18.2 Å². The highest BCUT2D eigenvalue weighted by molar-refractivity contribution is 14.1. The summed E-state index contributed by atoms with van der Waals surface area (Å²) in [5.74, 6) is 1.21. The Balaban J connectivity index is 2.11. The van der Waals surface area contributed by atoms with Gasteiger partial charge in [-0.2, -0.15) is 0 Å². The highest BCUT2D eigenvalue weighted by Crippen LogP contribution is 2.41. The molecule has 0 amide bonds. The van der Waals surface area contributed by atoms with E-state index in [1.165, 1.54) is 0 Å². The number of rotatable bonds is 11. The number of Topliss-reactive ketones (excluding diaryl/α,β-unsaturated/α-hetero) is 1. The lowest BCUT2D eigenvalue weighted by Gasteiger charge is -2.38. The molecule has 1 unspecified atom stereocenters. The Morgan fingerprint density at radius 2 is 1.42 bits per heavy atom. The lowest BCUT2D eigenvalue weighted by molar-refractivity contribution is -0.162. The molecule has 0 radical (unpaired) electrons. The number of hydrogen-bond acceptors (Lipinski definition) is 6. The first-order chi connectivity index (χ1) is 17.3. The van der Waals surface area contributed by atoms with E-state index in [0.717, 1.165) is 29.9 Å². The molecule has 2 rings (SSSR count). The molecule has 1 aliphatic carbocycles. The van der Waals surface area contributed by atoms with E-state index in [0.29, 0.717) is 23.9 Å². The van der Waals surface area contributed by atoms with E-state index >= 15 is 0 Å². The zero-order valence-corrected chi connectivity index (χ0v) is 29.4. The second kappa shape index (κ2) is 12.7. The van der Waals surface area contributed by atoms with Crippen LogP contribution in [0.2, 0.25) is 36.3 Å². The minimum Gasteiger partial charge on any atom is -0.543 e. The summed E-state index contributed by atoms with van der Waals surface area (Å²) < 4.78 is 25.1. The van der Waals surface area contributed by atoms with E-state index in [9.17, 15) is 9.59 Å². The molecule has 9 heteroatoms. The molecule has 1 aromatic rings. The third-order valence-corrected chi connectivity index (χ3v) is 18.5. The van der Waals surface area contributed by atoms with Crippen molar-refractivity contribution in [3.8, 4) is 11.5 Å². The quantitative estimate of drug-likeness (QED) is 0.0590. The Morgan fingerprint density at radius 3 is 1.87 bits per heavy atom. The van der Waals surface area contributed by atoms with Gasteiger partial charge in [0.15, 0.2) is 5.78 Å². The summed E-state index contributed by atoms with van der Waals surface area (Å²) in [5, 5.41) is 0.137. The largest absolute Gasteiger partial charge is 0.543 e. The molecule has 6 nitrogen and oxygen atoms in total. The van der Waals surface area contributed by atoms with Crippen LogP contribution in [0, 0.1) is 5.41 Å². The summed E-state index contributed by atoms with van der Waals surface area (Å²) in [5.41, 5.74) is -0.0306. The van der Waals surface area contributed by atoms with Gasteiger partial charge in [-0.1, -0.05) is 70.6 Å². The van der Waals surface area contributed by atoms with Gasteiger partial charge in [-0.15, -0.1) is 0 Å². The number of halogens is 1. The third kappa shape index (κ3) is 8.30. The molecule has 0 spiro atoms. The summed E-state index contributed by atoms with van der Waals surface area (Å²) in [6.45, 7) is 23.0. The first kappa shape index (κ1) is 33.3. The van der Waals surface area contributed by atoms with Crippen molar-refractivity contribution in [2.75, 3.05) is 17.6 Å². The van der Waals surface area contributed by atoms with Crippen LogP contribution in [0.3, 0.4) is 0 Å². The Morgan fingerprint density at radius 1 is 0.895 bits per heavy atom. The molecule has 0 aliphatic heterocycles. The SMILES string of the molecule is CC(C)(C)[Si](C)(C)Oc1cc(COCCOC(=O)C2(CI)CCCCC2=O)cc(O[Si](C)(C)C(C)(C)C)c1. The van der Waals surface area contributed by atoms with Crippen LogP contribution in [-0.4, -0.2) is 46.0 Å². The van der Waals surface area contributed by atoms with Gasteiger partial charge in [0.05, 0.1) is 13.2 Å². The predicted octanol–water partition coefficient (Wildman–Crippen LogP) is 8.08. The van der Waals surface area contributed by atoms with Crippen LogP contribution >= 0.6 is 22.6 Å². The molecule has 1 saturated carbocycles. The summed E-state index contributed by atoms with van der Waals surface area (Å²) in [7, 11) is -4.09. The van der Waals surface area contributed by atoms with Gasteiger partial charge in [-0.05, 0) is 66.8 Å². The summed E-state index contributed by atoms with van der Waals surface area (Å²) in [4.78, 5) is 25.3. The average molecular weight is 677 g/mol. The van der Waals surface area contributed by atoms with Crippen LogP contribution in [0.5, 0.6) is 11.5 Å². The fourth-order valence-electron chi connectivity index (χ4n) is 3.75. The number of ether oxygens (including phenoxy) is 2. The van der Waals surface area contributed by atoms with Gasteiger partial charge in [0.1, 0.15) is 23.5 Å². The first-order valence-corrected chi connectivity index (χ1v) is 21.1.